The van der Waals surface area contributed by atoms with E-state index >= 15 is 0 Å². The van der Waals surface area contributed by atoms with E-state index in [9.17, 15) is 4.79 Å². The Bertz CT molecular complexity index is 481. The fourth-order valence-corrected chi connectivity index (χ4v) is 2.55. The normalized spacial score (nSPS) is 16.7. The molecule has 112 valence electrons. The quantitative estimate of drug-likeness (QED) is 0.828. The van der Waals surface area contributed by atoms with Gasteiger partial charge in [-0.3, -0.25) is 4.79 Å². The second kappa shape index (κ2) is 6.39. The minimum absolute atomic E-state index is 0.0162. The summed E-state index contributed by atoms with van der Waals surface area (Å²) in [5.41, 5.74) is 0.0162. The number of likely N-dealkylation sites (N-methyl/N-ethyl adjacent to an activating group) is 1. The molecule has 0 saturated heterocycles. The van der Waals surface area contributed by atoms with E-state index in [0.29, 0.717) is 17.8 Å². The van der Waals surface area contributed by atoms with Gasteiger partial charge in [0.25, 0.3) is 5.56 Å². The number of nitrogens with zero attached hydrogens (tertiary/aromatic N) is 3. The van der Waals surface area contributed by atoms with Gasteiger partial charge in [-0.1, -0.05) is 13.8 Å². The first kappa shape index (κ1) is 15.0. The summed E-state index contributed by atoms with van der Waals surface area (Å²) in [4.78, 5) is 18.8. The summed E-state index contributed by atoms with van der Waals surface area (Å²) in [5, 5.41) is 3.35. The molecule has 2 rings (SSSR count). The Morgan fingerprint density at radius 3 is 2.70 bits per heavy atom. The van der Waals surface area contributed by atoms with Crippen molar-refractivity contribution in [3.8, 4) is 0 Å². The molecule has 0 spiro atoms. The number of hydrogen-bond acceptors (Lipinski definition) is 4. The average Bonchev–Trinajstić information content (AvgIpc) is 3.14. The van der Waals surface area contributed by atoms with Crippen LogP contribution in [0.4, 0.5) is 5.82 Å². The van der Waals surface area contributed by atoms with E-state index < -0.39 is 0 Å². The van der Waals surface area contributed by atoms with E-state index in [4.69, 9.17) is 0 Å². The Morgan fingerprint density at radius 2 is 2.15 bits per heavy atom. The van der Waals surface area contributed by atoms with Crippen molar-refractivity contribution in [3.05, 3.63) is 22.7 Å². The molecule has 5 nitrogen and oxygen atoms in total. The van der Waals surface area contributed by atoms with Crippen LogP contribution < -0.4 is 10.9 Å². The predicted octanol–water partition coefficient (Wildman–Crippen LogP) is 1.97. The van der Waals surface area contributed by atoms with E-state index in [2.05, 4.69) is 43.1 Å². The molecule has 1 aliphatic rings. The monoisotopic (exact) mass is 278 g/mol. The summed E-state index contributed by atoms with van der Waals surface area (Å²) in [5.74, 6) is 1.08. The lowest BCUT2D eigenvalue weighted by molar-refractivity contribution is 0.355. The highest BCUT2D eigenvalue weighted by Gasteiger charge is 2.25. The predicted molar refractivity (Wildman–Crippen MR) is 82.2 cm³/mol. The molecule has 1 atom stereocenters. The molecule has 1 heterocycles. The van der Waals surface area contributed by atoms with Crippen LogP contribution in [0.1, 0.15) is 39.2 Å². The van der Waals surface area contributed by atoms with Crippen molar-refractivity contribution in [1.82, 2.24) is 14.5 Å². The number of aromatic nitrogens is 2. The Morgan fingerprint density at radius 1 is 1.45 bits per heavy atom. The van der Waals surface area contributed by atoms with Crippen molar-refractivity contribution in [3.63, 3.8) is 0 Å². The lowest BCUT2D eigenvalue weighted by Crippen LogP contribution is -2.36. The molecule has 0 amide bonds. The molecule has 0 aliphatic heterocycles. The zero-order valence-electron chi connectivity index (χ0n) is 13.0. The number of rotatable bonds is 7. The van der Waals surface area contributed by atoms with E-state index in [0.717, 1.165) is 25.8 Å². The minimum atomic E-state index is 0.0162. The Kier molecular flexibility index (Phi) is 4.81. The Balaban J connectivity index is 2.13. The van der Waals surface area contributed by atoms with Gasteiger partial charge in [0.15, 0.2) is 5.82 Å². The first-order valence-electron chi connectivity index (χ1n) is 7.45. The molecule has 0 radical (unpaired) electrons. The summed E-state index contributed by atoms with van der Waals surface area (Å²) >= 11 is 0. The van der Waals surface area contributed by atoms with Crippen molar-refractivity contribution in [2.24, 2.45) is 5.92 Å². The van der Waals surface area contributed by atoms with Crippen LogP contribution >= 0.6 is 0 Å². The first-order chi connectivity index (χ1) is 9.47. The van der Waals surface area contributed by atoms with Gasteiger partial charge in [-0.15, -0.1) is 0 Å². The molecular weight excluding hydrogens is 252 g/mol. The van der Waals surface area contributed by atoms with E-state index in [1.165, 1.54) is 0 Å². The summed E-state index contributed by atoms with van der Waals surface area (Å²) in [6.07, 6.45) is 6.77. The number of hydrogen-bond donors (Lipinski definition) is 1. The van der Waals surface area contributed by atoms with Gasteiger partial charge in [0.2, 0.25) is 0 Å². The smallest absolute Gasteiger partial charge is 0.293 e. The number of nitrogens with one attached hydrogen (secondary N) is 1. The van der Waals surface area contributed by atoms with Crippen LogP contribution in [0.25, 0.3) is 0 Å². The van der Waals surface area contributed by atoms with Crippen LogP contribution in [0.2, 0.25) is 0 Å². The van der Waals surface area contributed by atoms with Crippen molar-refractivity contribution in [1.29, 1.82) is 0 Å². The lowest BCUT2D eigenvalue weighted by atomic mass is 10.0. The van der Waals surface area contributed by atoms with Gasteiger partial charge in [0.1, 0.15) is 0 Å². The van der Waals surface area contributed by atoms with E-state index in [-0.39, 0.29) is 11.6 Å². The van der Waals surface area contributed by atoms with Gasteiger partial charge >= 0.3 is 0 Å². The standard InChI is InChI=1S/C15H26N4O/c1-11(2)9-12(10-18(3)4)17-14-15(20)19(8-7-16-14)13-5-6-13/h7-8,11-13H,5-6,9-10H2,1-4H3,(H,16,17). The molecule has 20 heavy (non-hydrogen) atoms. The van der Waals surface area contributed by atoms with E-state index in [1.807, 2.05) is 4.57 Å². The van der Waals surface area contributed by atoms with Gasteiger partial charge in [0, 0.05) is 31.0 Å². The van der Waals surface area contributed by atoms with Crippen molar-refractivity contribution in [2.45, 2.75) is 45.2 Å². The van der Waals surface area contributed by atoms with Crippen LogP contribution in [0, 0.1) is 5.92 Å². The fraction of sp³-hybridized carbons (Fsp3) is 0.733. The van der Waals surface area contributed by atoms with Crippen LogP contribution in [-0.2, 0) is 0 Å². The maximum Gasteiger partial charge on any atom is 0.293 e. The Hall–Kier alpha value is -1.36. The molecule has 1 fully saturated rings. The maximum atomic E-state index is 12.4. The molecular formula is C15H26N4O. The summed E-state index contributed by atoms with van der Waals surface area (Å²) in [6, 6.07) is 0.642. The molecule has 1 unspecified atom stereocenters. The zero-order valence-corrected chi connectivity index (χ0v) is 13.0. The highest BCUT2D eigenvalue weighted by molar-refractivity contribution is 5.33. The molecule has 1 N–H and O–H groups in total. The second-order valence-electron chi connectivity index (χ2n) is 6.45. The van der Waals surface area contributed by atoms with Crippen molar-refractivity contribution < 1.29 is 0 Å². The summed E-state index contributed by atoms with van der Waals surface area (Å²) in [6.45, 7) is 5.30. The first-order valence-corrected chi connectivity index (χ1v) is 7.45. The molecule has 0 bridgehead atoms. The van der Waals surface area contributed by atoms with Gasteiger partial charge in [0.05, 0.1) is 0 Å². The molecule has 1 aromatic heterocycles. The Labute approximate surface area is 121 Å². The highest BCUT2D eigenvalue weighted by atomic mass is 16.1. The van der Waals surface area contributed by atoms with Crippen LogP contribution in [0.5, 0.6) is 0 Å². The maximum absolute atomic E-state index is 12.4. The van der Waals surface area contributed by atoms with Gasteiger partial charge in [-0.2, -0.15) is 0 Å². The average molecular weight is 278 g/mol. The van der Waals surface area contributed by atoms with Crippen molar-refractivity contribution >= 4 is 5.82 Å². The van der Waals surface area contributed by atoms with Crippen LogP contribution in [0.3, 0.4) is 0 Å². The molecule has 5 heteroatoms. The van der Waals surface area contributed by atoms with E-state index in [1.54, 1.807) is 12.4 Å². The third-order valence-electron chi connectivity index (χ3n) is 3.49. The highest BCUT2D eigenvalue weighted by Crippen LogP contribution is 2.33. The topological polar surface area (TPSA) is 50.2 Å². The largest absolute Gasteiger partial charge is 0.361 e. The molecule has 1 aromatic rings. The SMILES string of the molecule is CC(C)CC(CN(C)C)Nc1nccn(C2CC2)c1=O. The third-order valence-corrected chi connectivity index (χ3v) is 3.49. The van der Waals surface area contributed by atoms with Gasteiger partial charge in [-0.25, -0.2) is 4.98 Å². The number of anilines is 1. The van der Waals surface area contributed by atoms with Crippen molar-refractivity contribution in [2.75, 3.05) is 26.0 Å². The van der Waals surface area contributed by atoms with Gasteiger partial charge in [-0.05, 0) is 39.3 Å². The van der Waals surface area contributed by atoms with Gasteiger partial charge < -0.3 is 14.8 Å². The second-order valence-corrected chi connectivity index (χ2v) is 6.45. The van der Waals surface area contributed by atoms with Crippen LogP contribution in [-0.4, -0.2) is 41.1 Å². The lowest BCUT2D eigenvalue weighted by Gasteiger charge is -2.24. The molecule has 1 aliphatic carbocycles. The van der Waals surface area contributed by atoms with Crippen LogP contribution in [0.15, 0.2) is 17.2 Å². The molecule has 0 aromatic carbocycles. The third kappa shape index (κ3) is 4.07. The zero-order chi connectivity index (χ0) is 14.7. The minimum Gasteiger partial charge on any atom is -0.361 e. The summed E-state index contributed by atoms with van der Waals surface area (Å²) in [7, 11) is 4.10. The fourth-order valence-electron chi connectivity index (χ4n) is 2.55. The summed E-state index contributed by atoms with van der Waals surface area (Å²) < 4.78 is 1.82. The molecule has 1 saturated carbocycles.